The lowest BCUT2D eigenvalue weighted by molar-refractivity contribution is -0.130. The van der Waals surface area contributed by atoms with Crippen LogP contribution < -0.4 is 5.32 Å². The molecule has 1 N–H and O–H groups in total. The molecule has 2 fully saturated rings. The first-order chi connectivity index (χ1) is 11.2. The summed E-state index contributed by atoms with van der Waals surface area (Å²) in [5.41, 5.74) is 0. The molecule has 2 unspecified atom stereocenters. The fourth-order valence-corrected chi connectivity index (χ4v) is 3.53. The second-order valence-corrected chi connectivity index (χ2v) is 6.40. The van der Waals surface area contributed by atoms with Crippen LogP contribution in [0.1, 0.15) is 25.7 Å². The predicted octanol–water partition coefficient (Wildman–Crippen LogP) is 0.499. The number of carbonyl (C=O) groups is 1. The number of nitrogens with one attached hydrogen (secondary N) is 1. The van der Waals surface area contributed by atoms with Gasteiger partial charge in [-0.05, 0) is 25.2 Å². The van der Waals surface area contributed by atoms with E-state index in [-0.39, 0.29) is 31.5 Å². The molecule has 1 aromatic heterocycles. The van der Waals surface area contributed by atoms with Gasteiger partial charge in [0.25, 0.3) is 0 Å². The van der Waals surface area contributed by atoms with Gasteiger partial charge >= 0.3 is 0 Å². The Bertz CT molecular complexity index is 571. The molecule has 8 heteroatoms. The van der Waals surface area contributed by atoms with Crippen molar-refractivity contribution in [1.29, 1.82) is 5.26 Å². The summed E-state index contributed by atoms with van der Waals surface area (Å²) in [5, 5.41) is 16.4. The van der Waals surface area contributed by atoms with Crippen molar-refractivity contribution >= 4 is 5.91 Å². The van der Waals surface area contributed by atoms with Crippen LogP contribution in [0.15, 0.2) is 12.7 Å². The summed E-state index contributed by atoms with van der Waals surface area (Å²) in [5.74, 6) is 0.342. The van der Waals surface area contributed by atoms with E-state index in [9.17, 15) is 9.18 Å². The van der Waals surface area contributed by atoms with E-state index in [0.29, 0.717) is 5.92 Å². The van der Waals surface area contributed by atoms with E-state index in [2.05, 4.69) is 15.4 Å². The van der Waals surface area contributed by atoms with Crippen LogP contribution in [-0.4, -0.2) is 56.9 Å². The van der Waals surface area contributed by atoms with Gasteiger partial charge in [-0.15, -0.1) is 0 Å². The molecule has 2 aliphatic rings. The van der Waals surface area contributed by atoms with Crippen LogP contribution in [0, 0.1) is 17.2 Å². The largest absolute Gasteiger partial charge is 0.323 e. The molecule has 23 heavy (non-hydrogen) atoms. The van der Waals surface area contributed by atoms with Crippen LogP contribution in [0.4, 0.5) is 4.39 Å². The van der Waals surface area contributed by atoms with E-state index in [4.69, 9.17) is 5.26 Å². The molecule has 2 heterocycles. The van der Waals surface area contributed by atoms with Crippen molar-refractivity contribution in [3.63, 3.8) is 0 Å². The molecule has 7 nitrogen and oxygen atoms in total. The number of hydrogen-bond donors (Lipinski definition) is 1. The minimum absolute atomic E-state index is 0.0400. The van der Waals surface area contributed by atoms with Gasteiger partial charge in [0.2, 0.25) is 5.91 Å². The van der Waals surface area contributed by atoms with Gasteiger partial charge in [-0.25, -0.2) is 9.37 Å². The van der Waals surface area contributed by atoms with Crippen molar-refractivity contribution in [3.8, 4) is 6.07 Å². The van der Waals surface area contributed by atoms with Gasteiger partial charge in [-0.3, -0.25) is 9.48 Å². The van der Waals surface area contributed by atoms with Crippen molar-refractivity contribution in [2.75, 3.05) is 13.1 Å². The van der Waals surface area contributed by atoms with Gasteiger partial charge in [-0.2, -0.15) is 10.4 Å². The zero-order valence-corrected chi connectivity index (χ0v) is 12.9. The van der Waals surface area contributed by atoms with E-state index in [1.165, 1.54) is 11.2 Å². The molecule has 3 rings (SSSR count). The maximum atomic E-state index is 13.4. The maximum Gasteiger partial charge on any atom is 0.237 e. The SMILES string of the molecule is N#C[C@@H]1CC(F)CN1C(=O)CNC1CC[C@H](Cn2cncn2)C1. The van der Waals surface area contributed by atoms with Crippen molar-refractivity contribution in [3.05, 3.63) is 12.7 Å². The normalized spacial score (nSPS) is 30.5. The third kappa shape index (κ3) is 3.85. The highest BCUT2D eigenvalue weighted by Crippen LogP contribution is 2.27. The molecule has 0 aromatic carbocycles. The van der Waals surface area contributed by atoms with E-state index in [1.807, 2.05) is 10.8 Å². The summed E-state index contributed by atoms with van der Waals surface area (Å²) in [6, 6.07) is 1.67. The Morgan fingerprint density at radius 2 is 2.30 bits per heavy atom. The fraction of sp³-hybridized carbons (Fsp3) is 0.733. The summed E-state index contributed by atoms with van der Waals surface area (Å²) in [6.07, 6.45) is 5.38. The Hall–Kier alpha value is -2.01. The van der Waals surface area contributed by atoms with Crippen LogP contribution in [0.2, 0.25) is 0 Å². The summed E-state index contributed by atoms with van der Waals surface area (Å²) in [6.45, 7) is 1.06. The van der Waals surface area contributed by atoms with Gasteiger partial charge in [-0.1, -0.05) is 0 Å². The Morgan fingerprint density at radius 3 is 3.04 bits per heavy atom. The summed E-state index contributed by atoms with van der Waals surface area (Å²) in [7, 11) is 0. The highest BCUT2D eigenvalue weighted by Gasteiger charge is 2.35. The molecule has 4 atom stereocenters. The van der Waals surface area contributed by atoms with Gasteiger partial charge in [0.15, 0.2) is 0 Å². The topological polar surface area (TPSA) is 86.8 Å². The molecule has 1 saturated carbocycles. The fourth-order valence-electron chi connectivity index (χ4n) is 3.53. The highest BCUT2D eigenvalue weighted by molar-refractivity contribution is 5.79. The molecule has 1 aliphatic heterocycles. The molecule has 1 aromatic rings. The van der Waals surface area contributed by atoms with Crippen molar-refractivity contribution in [1.82, 2.24) is 25.0 Å². The average Bonchev–Trinajstić information content (AvgIpc) is 3.26. The molecule has 1 saturated heterocycles. The first kappa shape index (κ1) is 15.9. The quantitative estimate of drug-likeness (QED) is 0.853. The van der Waals surface area contributed by atoms with Crippen molar-refractivity contribution < 1.29 is 9.18 Å². The number of nitrogens with zero attached hydrogens (tertiary/aromatic N) is 5. The van der Waals surface area contributed by atoms with E-state index in [1.54, 1.807) is 6.33 Å². The van der Waals surface area contributed by atoms with Crippen LogP contribution in [0.5, 0.6) is 0 Å². The third-order valence-electron chi connectivity index (χ3n) is 4.71. The van der Waals surface area contributed by atoms with E-state index >= 15 is 0 Å². The lowest BCUT2D eigenvalue weighted by atomic mass is 10.1. The number of rotatable bonds is 5. The number of halogens is 1. The second-order valence-electron chi connectivity index (χ2n) is 6.40. The molecule has 0 bridgehead atoms. The smallest absolute Gasteiger partial charge is 0.237 e. The standard InChI is InChI=1S/C15H21FN6O/c16-12-4-14(5-17)22(8-12)15(23)6-19-13-2-1-11(3-13)7-21-10-18-9-20-21/h9-14,19H,1-4,6-8H2/t11-,12?,13?,14-/m0/s1. The number of alkyl halides is 1. The molecule has 0 radical (unpaired) electrons. The first-order valence-electron chi connectivity index (χ1n) is 8.04. The Kier molecular flexibility index (Phi) is 4.86. The van der Waals surface area contributed by atoms with Crippen LogP contribution in [0.3, 0.4) is 0 Å². The second kappa shape index (κ2) is 7.04. The van der Waals surface area contributed by atoms with Gasteiger partial charge in [0.1, 0.15) is 24.9 Å². The molecule has 1 aliphatic carbocycles. The van der Waals surface area contributed by atoms with E-state index < -0.39 is 12.2 Å². The number of carbonyl (C=O) groups excluding carboxylic acids is 1. The Morgan fingerprint density at radius 1 is 1.43 bits per heavy atom. The summed E-state index contributed by atoms with van der Waals surface area (Å²) >= 11 is 0. The van der Waals surface area contributed by atoms with Gasteiger partial charge in [0, 0.05) is 19.0 Å². The predicted molar refractivity (Wildman–Crippen MR) is 79.8 cm³/mol. The molecule has 124 valence electrons. The molecule has 1 amide bonds. The van der Waals surface area contributed by atoms with E-state index in [0.717, 1.165) is 25.8 Å². The summed E-state index contributed by atoms with van der Waals surface area (Å²) in [4.78, 5) is 17.5. The number of hydrogen-bond acceptors (Lipinski definition) is 5. The monoisotopic (exact) mass is 320 g/mol. The average molecular weight is 320 g/mol. The van der Waals surface area contributed by atoms with Crippen molar-refractivity contribution in [2.24, 2.45) is 5.92 Å². The minimum Gasteiger partial charge on any atom is -0.323 e. The number of aromatic nitrogens is 3. The van der Waals surface area contributed by atoms with Crippen molar-refractivity contribution in [2.45, 2.75) is 50.5 Å². The first-order valence-corrected chi connectivity index (χ1v) is 8.04. The van der Waals surface area contributed by atoms with Crippen LogP contribution in [-0.2, 0) is 11.3 Å². The lowest BCUT2D eigenvalue weighted by Crippen LogP contribution is -2.43. The number of amides is 1. The Labute approximate surface area is 134 Å². The highest BCUT2D eigenvalue weighted by atomic mass is 19.1. The van der Waals surface area contributed by atoms with Crippen LogP contribution in [0.25, 0.3) is 0 Å². The zero-order chi connectivity index (χ0) is 16.2. The van der Waals surface area contributed by atoms with Crippen LogP contribution >= 0.6 is 0 Å². The van der Waals surface area contributed by atoms with Gasteiger partial charge in [0.05, 0.1) is 19.2 Å². The molecular weight excluding hydrogens is 299 g/mol. The molecular formula is C15H21FN6O. The Balaban J connectivity index is 1.42. The maximum absolute atomic E-state index is 13.4. The summed E-state index contributed by atoms with van der Waals surface area (Å²) < 4.78 is 15.2. The number of likely N-dealkylation sites (tertiary alicyclic amines) is 1. The third-order valence-corrected chi connectivity index (χ3v) is 4.71. The lowest BCUT2D eigenvalue weighted by Gasteiger charge is -2.21. The number of nitriles is 1. The minimum atomic E-state index is -1.08. The van der Waals surface area contributed by atoms with Gasteiger partial charge < -0.3 is 10.2 Å². The molecule has 0 spiro atoms. The zero-order valence-electron chi connectivity index (χ0n) is 12.9.